The Kier molecular flexibility index (Phi) is 3.57. The predicted octanol–water partition coefficient (Wildman–Crippen LogP) is 2.59. The fourth-order valence-electron chi connectivity index (χ4n) is 2.04. The first-order valence-corrected chi connectivity index (χ1v) is 6.23. The second-order valence-electron chi connectivity index (χ2n) is 4.58. The number of hydrogen-bond acceptors (Lipinski definition) is 2. The number of carbonyl (C=O) groups is 2. The van der Waals surface area contributed by atoms with E-state index in [4.69, 9.17) is 11.6 Å². The highest BCUT2D eigenvalue weighted by Crippen LogP contribution is 2.25. The van der Waals surface area contributed by atoms with Gasteiger partial charge in [-0.3, -0.25) is 10.1 Å². The Hall–Kier alpha value is -1.55. The normalized spacial score (nSPS) is 21.7. The van der Waals surface area contributed by atoms with Gasteiger partial charge in [0.1, 0.15) is 0 Å². The molecule has 1 fully saturated rings. The number of hydrogen-bond donors (Lipinski definition) is 1. The maximum atomic E-state index is 11.8. The zero-order valence-electron chi connectivity index (χ0n) is 10.3. The minimum atomic E-state index is -0.342. The van der Waals surface area contributed by atoms with Gasteiger partial charge in [0.2, 0.25) is 5.91 Å². The van der Waals surface area contributed by atoms with Gasteiger partial charge in [-0.1, -0.05) is 30.7 Å². The zero-order chi connectivity index (χ0) is 13.3. The van der Waals surface area contributed by atoms with Gasteiger partial charge in [0.25, 0.3) is 0 Å². The van der Waals surface area contributed by atoms with E-state index in [1.807, 2.05) is 25.1 Å². The fraction of sp³-hybridized carbons (Fsp3) is 0.385. The van der Waals surface area contributed by atoms with Gasteiger partial charge in [-0.05, 0) is 24.6 Å². The molecule has 1 N–H and O–H groups in total. The number of nitrogens with zero attached hydrogens (tertiary/aromatic N) is 1. The lowest BCUT2D eigenvalue weighted by Gasteiger charge is -2.35. The Morgan fingerprint density at radius 1 is 1.44 bits per heavy atom. The van der Waals surface area contributed by atoms with Gasteiger partial charge < -0.3 is 4.90 Å². The minimum absolute atomic E-state index is 0.112. The first kappa shape index (κ1) is 12.9. The Labute approximate surface area is 111 Å². The first-order chi connectivity index (χ1) is 8.49. The van der Waals surface area contributed by atoms with Crippen LogP contribution < -0.4 is 5.32 Å². The van der Waals surface area contributed by atoms with Crippen LogP contribution in [0.3, 0.4) is 0 Å². The second-order valence-corrected chi connectivity index (χ2v) is 5.02. The van der Waals surface area contributed by atoms with Crippen molar-refractivity contribution in [1.82, 2.24) is 10.2 Å². The Morgan fingerprint density at radius 2 is 2.17 bits per heavy atom. The molecule has 18 heavy (non-hydrogen) atoms. The molecule has 3 amide bonds. The summed E-state index contributed by atoms with van der Waals surface area (Å²) in [4.78, 5) is 24.8. The molecule has 0 aromatic heterocycles. The summed E-state index contributed by atoms with van der Waals surface area (Å²) in [6, 6.07) is 6.95. The standard InChI is InChI=1S/C13H15ClN2O2/c1-8-7-16(13(18)15-12(8)17)9(2)10-4-3-5-11(14)6-10/h3-6,8-9H,7H2,1-2H3,(H,15,17,18). The molecule has 2 rings (SSSR count). The second kappa shape index (κ2) is 4.98. The zero-order valence-corrected chi connectivity index (χ0v) is 11.1. The van der Waals surface area contributed by atoms with Crippen LogP contribution in [0.15, 0.2) is 24.3 Å². The van der Waals surface area contributed by atoms with Gasteiger partial charge in [0.05, 0.1) is 12.0 Å². The first-order valence-electron chi connectivity index (χ1n) is 5.86. The van der Waals surface area contributed by atoms with Gasteiger partial charge >= 0.3 is 6.03 Å². The molecular weight excluding hydrogens is 252 g/mol. The number of benzene rings is 1. The topological polar surface area (TPSA) is 49.4 Å². The summed E-state index contributed by atoms with van der Waals surface area (Å²) in [5.41, 5.74) is 0.958. The van der Waals surface area contributed by atoms with Gasteiger partial charge in [-0.25, -0.2) is 4.79 Å². The summed E-state index contributed by atoms with van der Waals surface area (Å²) in [7, 11) is 0. The van der Waals surface area contributed by atoms with Crippen molar-refractivity contribution in [3.63, 3.8) is 0 Å². The minimum Gasteiger partial charge on any atom is -0.317 e. The maximum absolute atomic E-state index is 11.8. The third-order valence-corrected chi connectivity index (χ3v) is 3.44. The smallest absolute Gasteiger partial charge is 0.317 e. The number of halogens is 1. The maximum Gasteiger partial charge on any atom is 0.324 e. The van der Waals surface area contributed by atoms with E-state index in [-0.39, 0.29) is 23.9 Å². The molecule has 5 heteroatoms. The number of carbonyl (C=O) groups excluding carboxylic acids is 2. The molecule has 1 saturated heterocycles. The average molecular weight is 267 g/mol. The van der Waals surface area contributed by atoms with E-state index in [1.165, 1.54) is 0 Å². The molecular formula is C13H15ClN2O2. The van der Waals surface area contributed by atoms with Crippen molar-refractivity contribution in [2.24, 2.45) is 5.92 Å². The highest BCUT2D eigenvalue weighted by atomic mass is 35.5. The predicted molar refractivity (Wildman–Crippen MR) is 69.3 cm³/mol. The summed E-state index contributed by atoms with van der Waals surface area (Å²) >= 11 is 5.94. The third kappa shape index (κ3) is 2.48. The molecule has 0 saturated carbocycles. The fourth-order valence-corrected chi connectivity index (χ4v) is 2.24. The van der Waals surface area contributed by atoms with Crippen LogP contribution in [0.4, 0.5) is 4.79 Å². The van der Waals surface area contributed by atoms with Crippen LogP contribution in [-0.4, -0.2) is 23.4 Å². The van der Waals surface area contributed by atoms with E-state index in [9.17, 15) is 9.59 Å². The van der Waals surface area contributed by atoms with Crippen molar-refractivity contribution in [3.8, 4) is 0 Å². The van der Waals surface area contributed by atoms with Crippen LogP contribution >= 0.6 is 11.6 Å². The highest BCUT2D eigenvalue weighted by Gasteiger charge is 2.32. The van der Waals surface area contributed by atoms with Crippen LogP contribution in [0, 0.1) is 5.92 Å². The Balaban J connectivity index is 2.20. The largest absolute Gasteiger partial charge is 0.324 e. The number of urea groups is 1. The van der Waals surface area contributed by atoms with E-state index in [2.05, 4.69) is 5.32 Å². The van der Waals surface area contributed by atoms with E-state index in [1.54, 1.807) is 17.9 Å². The highest BCUT2D eigenvalue weighted by molar-refractivity contribution is 6.30. The van der Waals surface area contributed by atoms with Crippen LogP contribution in [0.25, 0.3) is 0 Å². The summed E-state index contributed by atoms with van der Waals surface area (Å²) in [5.74, 6) is -0.404. The van der Waals surface area contributed by atoms with E-state index in [0.717, 1.165) is 5.56 Å². The number of amides is 3. The summed E-state index contributed by atoms with van der Waals surface area (Å²) < 4.78 is 0. The number of nitrogens with one attached hydrogen (secondary N) is 1. The molecule has 1 aliphatic heterocycles. The lowest BCUT2D eigenvalue weighted by Crippen LogP contribution is -2.54. The van der Waals surface area contributed by atoms with Crippen molar-refractivity contribution in [3.05, 3.63) is 34.9 Å². The summed E-state index contributed by atoms with van der Waals surface area (Å²) in [6.45, 7) is 4.16. The molecule has 1 heterocycles. The molecule has 0 radical (unpaired) electrons. The lowest BCUT2D eigenvalue weighted by molar-refractivity contribution is -0.125. The third-order valence-electron chi connectivity index (χ3n) is 3.21. The molecule has 1 aromatic carbocycles. The molecule has 96 valence electrons. The van der Waals surface area contributed by atoms with Crippen molar-refractivity contribution in [2.45, 2.75) is 19.9 Å². The van der Waals surface area contributed by atoms with Crippen LogP contribution in [0.2, 0.25) is 5.02 Å². The van der Waals surface area contributed by atoms with Crippen molar-refractivity contribution in [1.29, 1.82) is 0 Å². The number of rotatable bonds is 2. The van der Waals surface area contributed by atoms with Crippen molar-refractivity contribution < 1.29 is 9.59 Å². The van der Waals surface area contributed by atoms with Crippen LogP contribution in [0.5, 0.6) is 0 Å². The molecule has 1 aromatic rings. The Bertz CT molecular complexity index is 490. The SMILES string of the molecule is CC1CN(C(C)c2cccc(Cl)c2)C(=O)NC1=O. The molecule has 0 aliphatic carbocycles. The van der Waals surface area contributed by atoms with Gasteiger partial charge in [0.15, 0.2) is 0 Å². The van der Waals surface area contributed by atoms with Crippen LogP contribution in [-0.2, 0) is 4.79 Å². The van der Waals surface area contributed by atoms with E-state index < -0.39 is 0 Å². The van der Waals surface area contributed by atoms with Crippen LogP contribution in [0.1, 0.15) is 25.5 Å². The number of imide groups is 1. The van der Waals surface area contributed by atoms with E-state index >= 15 is 0 Å². The Morgan fingerprint density at radius 3 is 2.83 bits per heavy atom. The molecule has 4 nitrogen and oxygen atoms in total. The van der Waals surface area contributed by atoms with E-state index in [0.29, 0.717) is 11.6 Å². The lowest BCUT2D eigenvalue weighted by atomic mass is 10.0. The average Bonchev–Trinajstić information content (AvgIpc) is 2.33. The molecule has 2 atom stereocenters. The van der Waals surface area contributed by atoms with Gasteiger partial charge in [-0.2, -0.15) is 0 Å². The van der Waals surface area contributed by atoms with Gasteiger partial charge in [0, 0.05) is 11.6 Å². The quantitative estimate of drug-likeness (QED) is 0.894. The summed E-state index contributed by atoms with van der Waals surface area (Å²) in [5, 5.41) is 3.00. The van der Waals surface area contributed by atoms with Crippen molar-refractivity contribution in [2.75, 3.05) is 6.54 Å². The molecule has 0 bridgehead atoms. The molecule has 1 aliphatic rings. The van der Waals surface area contributed by atoms with Crippen molar-refractivity contribution >= 4 is 23.5 Å². The monoisotopic (exact) mass is 266 g/mol. The van der Waals surface area contributed by atoms with Gasteiger partial charge in [-0.15, -0.1) is 0 Å². The molecule has 0 spiro atoms. The summed E-state index contributed by atoms with van der Waals surface area (Å²) in [6.07, 6.45) is 0. The molecule has 2 unspecified atom stereocenters.